The van der Waals surface area contributed by atoms with Crippen molar-refractivity contribution in [2.75, 3.05) is 23.8 Å². The number of benzene rings is 2. The molecular formula is C16H19N3O3. The first kappa shape index (κ1) is 15.8. The molecule has 3 N–H and O–H groups in total. The van der Waals surface area contributed by atoms with Gasteiger partial charge in [-0.1, -0.05) is 29.8 Å². The quantitative estimate of drug-likeness (QED) is 0.540. The van der Waals surface area contributed by atoms with Crippen molar-refractivity contribution in [1.82, 2.24) is 0 Å². The maximum absolute atomic E-state index is 10.9. The van der Waals surface area contributed by atoms with Crippen LogP contribution in [-0.4, -0.2) is 23.2 Å². The van der Waals surface area contributed by atoms with E-state index in [1.54, 1.807) is 6.07 Å². The summed E-state index contributed by atoms with van der Waals surface area (Å²) in [6.07, 6.45) is 0. The minimum atomic E-state index is -0.423. The molecule has 0 atom stereocenters. The first-order chi connectivity index (χ1) is 10.6. The Hall–Kier alpha value is -2.60. The number of hydrogen-bond donors (Lipinski definition) is 3. The number of aliphatic hydroxyl groups is 1. The number of non-ortho nitro benzene ring substituents is 1. The van der Waals surface area contributed by atoms with E-state index in [0.29, 0.717) is 18.8 Å². The Morgan fingerprint density at radius 2 is 1.95 bits per heavy atom. The number of nitro benzene ring substituents is 1. The van der Waals surface area contributed by atoms with Crippen molar-refractivity contribution in [3.63, 3.8) is 0 Å². The number of aryl methyl sites for hydroxylation is 1. The molecule has 0 saturated heterocycles. The number of rotatable bonds is 7. The molecule has 0 unspecified atom stereocenters. The molecule has 22 heavy (non-hydrogen) atoms. The average Bonchev–Trinajstić information content (AvgIpc) is 2.51. The molecule has 0 bridgehead atoms. The molecule has 2 aromatic rings. The fraction of sp³-hybridized carbons (Fsp3) is 0.250. The third kappa shape index (κ3) is 4.20. The normalized spacial score (nSPS) is 10.3. The van der Waals surface area contributed by atoms with Crippen LogP contribution in [-0.2, 0) is 6.54 Å². The zero-order valence-electron chi connectivity index (χ0n) is 12.4. The number of aliphatic hydroxyl groups excluding tert-OH is 1. The van der Waals surface area contributed by atoms with E-state index >= 15 is 0 Å². The summed E-state index contributed by atoms with van der Waals surface area (Å²) in [4.78, 5) is 10.5. The highest BCUT2D eigenvalue weighted by molar-refractivity contribution is 5.72. The Morgan fingerprint density at radius 3 is 2.64 bits per heavy atom. The smallest absolute Gasteiger partial charge is 0.271 e. The van der Waals surface area contributed by atoms with Gasteiger partial charge in [-0.25, -0.2) is 0 Å². The molecule has 0 fully saturated rings. The molecule has 2 aromatic carbocycles. The van der Waals surface area contributed by atoms with E-state index in [4.69, 9.17) is 5.11 Å². The monoisotopic (exact) mass is 301 g/mol. The summed E-state index contributed by atoms with van der Waals surface area (Å²) in [5, 5.41) is 26.1. The summed E-state index contributed by atoms with van der Waals surface area (Å²) in [5.41, 5.74) is 3.66. The van der Waals surface area contributed by atoms with Gasteiger partial charge in [0.2, 0.25) is 0 Å². The van der Waals surface area contributed by atoms with E-state index in [-0.39, 0.29) is 12.3 Å². The van der Waals surface area contributed by atoms with Crippen molar-refractivity contribution in [1.29, 1.82) is 0 Å². The van der Waals surface area contributed by atoms with Crippen molar-refractivity contribution in [2.45, 2.75) is 13.5 Å². The van der Waals surface area contributed by atoms with E-state index in [9.17, 15) is 10.1 Å². The highest BCUT2D eigenvalue weighted by atomic mass is 16.6. The third-order valence-corrected chi connectivity index (χ3v) is 3.21. The molecule has 116 valence electrons. The van der Waals surface area contributed by atoms with Crippen molar-refractivity contribution in [3.05, 3.63) is 63.7 Å². The molecule has 0 amide bonds. The fourth-order valence-corrected chi connectivity index (χ4v) is 2.16. The zero-order chi connectivity index (χ0) is 15.9. The lowest BCUT2D eigenvalue weighted by molar-refractivity contribution is -0.384. The van der Waals surface area contributed by atoms with Crippen LogP contribution in [0.3, 0.4) is 0 Å². The number of nitrogens with one attached hydrogen (secondary N) is 2. The molecule has 0 aliphatic heterocycles. The number of nitro groups is 1. The number of anilines is 2. The van der Waals surface area contributed by atoms with Gasteiger partial charge in [-0.2, -0.15) is 0 Å². The summed E-state index contributed by atoms with van der Waals surface area (Å²) in [6, 6.07) is 12.6. The van der Waals surface area contributed by atoms with Crippen LogP contribution < -0.4 is 10.6 Å². The van der Waals surface area contributed by atoms with Gasteiger partial charge < -0.3 is 15.7 Å². The maximum Gasteiger partial charge on any atom is 0.271 e. The first-order valence-electron chi connectivity index (χ1n) is 7.03. The summed E-state index contributed by atoms with van der Waals surface area (Å²) in [5.74, 6) is 0. The molecule has 0 aliphatic carbocycles. The van der Waals surface area contributed by atoms with E-state index in [1.807, 2.05) is 25.1 Å². The minimum absolute atomic E-state index is 0.00565. The van der Waals surface area contributed by atoms with E-state index in [2.05, 4.69) is 16.7 Å². The molecule has 0 aliphatic rings. The van der Waals surface area contributed by atoms with E-state index < -0.39 is 4.92 Å². The van der Waals surface area contributed by atoms with Gasteiger partial charge in [-0.05, 0) is 18.6 Å². The Balaban J connectivity index is 2.18. The van der Waals surface area contributed by atoms with Crippen molar-refractivity contribution >= 4 is 17.1 Å². The lowest BCUT2D eigenvalue weighted by Crippen LogP contribution is -2.09. The second kappa shape index (κ2) is 7.42. The summed E-state index contributed by atoms with van der Waals surface area (Å²) >= 11 is 0. The van der Waals surface area contributed by atoms with Crippen LogP contribution >= 0.6 is 0 Å². The Labute approximate surface area is 128 Å². The molecule has 0 spiro atoms. The van der Waals surface area contributed by atoms with Crippen LogP contribution in [0.15, 0.2) is 42.5 Å². The molecule has 2 rings (SSSR count). The van der Waals surface area contributed by atoms with Crippen molar-refractivity contribution in [2.24, 2.45) is 0 Å². The molecule has 0 heterocycles. The predicted octanol–water partition coefficient (Wildman–Crippen LogP) is 2.92. The molecule has 6 heteroatoms. The van der Waals surface area contributed by atoms with Crippen molar-refractivity contribution in [3.8, 4) is 0 Å². The van der Waals surface area contributed by atoms with E-state index in [0.717, 1.165) is 16.8 Å². The van der Waals surface area contributed by atoms with Crippen LogP contribution in [0.1, 0.15) is 11.1 Å². The number of nitrogens with zero attached hydrogens (tertiary/aromatic N) is 1. The molecular weight excluding hydrogens is 282 g/mol. The topological polar surface area (TPSA) is 87.4 Å². The van der Waals surface area contributed by atoms with Crippen LogP contribution in [0.5, 0.6) is 0 Å². The molecule has 0 aromatic heterocycles. The van der Waals surface area contributed by atoms with Crippen LogP contribution in [0.2, 0.25) is 0 Å². The van der Waals surface area contributed by atoms with Gasteiger partial charge in [0, 0.05) is 25.2 Å². The number of hydrogen-bond acceptors (Lipinski definition) is 5. The van der Waals surface area contributed by atoms with Crippen LogP contribution in [0.25, 0.3) is 0 Å². The third-order valence-electron chi connectivity index (χ3n) is 3.21. The van der Waals surface area contributed by atoms with Gasteiger partial charge in [0.25, 0.3) is 5.69 Å². The van der Waals surface area contributed by atoms with Gasteiger partial charge in [0.15, 0.2) is 0 Å². The van der Waals surface area contributed by atoms with Gasteiger partial charge in [-0.3, -0.25) is 10.1 Å². The average molecular weight is 301 g/mol. The second-order valence-electron chi connectivity index (χ2n) is 4.98. The zero-order valence-corrected chi connectivity index (χ0v) is 12.4. The summed E-state index contributed by atoms with van der Waals surface area (Å²) < 4.78 is 0. The second-order valence-corrected chi connectivity index (χ2v) is 4.98. The Bertz CT molecular complexity index is 659. The minimum Gasteiger partial charge on any atom is -0.395 e. The van der Waals surface area contributed by atoms with Crippen molar-refractivity contribution < 1.29 is 10.0 Å². The predicted molar refractivity (Wildman–Crippen MR) is 87.2 cm³/mol. The molecule has 0 saturated carbocycles. The Kier molecular flexibility index (Phi) is 5.32. The lowest BCUT2D eigenvalue weighted by atomic mass is 10.1. The van der Waals surface area contributed by atoms with E-state index in [1.165, 1.54) is 12.1 Å². The van der Waals surface area contributed by atoms with Gasteiger partial charge in [0.05, 0.1) is 22.9 Å². The summed E-state index contributed by atoms with van der Waals surface area (Å²) in [7, 11) is 0. The van der Waals surface area contributed by atoms with Gasteiger partial charge in [0.1, 0.15) is 0 Å². The Morgan fingerprint density at radius 1 is 1.14 bits per heavy atom. The molecule has 0 radical (unpaired) electrons. The fourth-order valence-electron chi connectivity index (χ4n) is 2.16. The molecule has 6 nitrogen and oxygen atoms in total. The maximum atomic E-state index is 10.9. The van der Waals surface area contributed by atoms with Gasteiger partial charge in [-0.15, -0.1) is 0 Å². The first-order valence-corrected chi connectivity index (χ1v) is 7.03. The SMILES string of the molecule is Cc1cccc(CNc2cc([N+](=O)[O-])ccc2NCCO)c1. The van der Waals surface area contributed by atoms with Gasteiger partial charge >= 0.3 is 0 Å². The lowest BCUT2D eigenvalue weighted by Gasteiger charge is -2.13. The standard InChI is InChI=1S/C16H19N3O3/c1-12-3-2-4-13(9-12)11-18-16-10-14(19(21)22)5-6-15(16)17-7-8-20/h2-6,9-10,17-18,20H,7-8,11H2,1H3. The largest absolute Gasteiger partial charge is 0.395 e. The summed E-state index contributed by atoms with van der Waals surface area (Å²) in [6.45, 7) is 2.97. The highest BCUT2D eigenvalue weighted by Crippen LogP contribution is 2.27. The van der Waals surface area contributed by atoms with Crippen LogP contribution in [0, 0.1) is 17.0 Å². The van der Waals surface area contributed by atoms with Crippen LogP contribution in [0.4, 0.5) is 17.1 Å². The highest BCUT2D eigenvalue weighted by Gasteiger charge is 2.10.